The van der Waals surface area contributed by atoms with Crippen LogP contribution in [0.3, 0.4) is 0 Å². The number of fused-ring (bicyclic) bond motifs is 1. The van der Waals surface area contributed by atoms with E-state index in [2.05, 4.69) is 27.1 Å². The Morgan fingerprint density at radius 3 is 2.95 bits per heavy atom. The maximum atomic E-state index is 12.9. The number of hydrogen-bond acceptors (Lipinski definition) is 4. The molecule has 2 aliphatic rings. The highest BCUT2D eigenvalue weighted by atomic mass is 16.2. The maximum Gasteiger partial charge on any atom is 0.240 e. The van der Waals surface area contributed by atoms with Gasteiger partial charge in [-0.2, -0.15) is 0 Å². The van der Waals surface area contributed by atoms with Crippen molar-refractivity contribution in [2.24, 2.45) is 11.8 Å². The monoisotopic (exact) mass is 288 g/mol. The summed E-state index contributed by atoms with van der Waals surface area (Å²) in [4.78, 5) is 23.5. The van der Waals surface area contributed by atoms with Crippen LogP contribution in [0.4, 0.5) is 0 Å². The van der Waals surface area contributed by atoms with Gasteiger partial charge in [0.2, 0.25) is 5.91 Å². The number of carbonyl (C=O) groups excluding carboxylic acids is 1. The van der Waals surface area contributed by atoms with Gasteiger partial charge in [-0.1, -0.05) is 13.3 Å². The Bertz CT molecular complexity index is 492. The minimum Gasteiger partial charge on any atom is -0.332 e. The fraction of sp³-hybridized carbons (Fsp3) is 0.688. The van der Waals surface area contributed by atoms with Gasteiger partial charge >= 0.3 is 0 Å². The summed E-state index contributed by atoms with van der Waals surface area (Å²) in [5.41, 5.74) is 0.876. The molecular formula is C16H24N4O. The quantitative estimate of drug-likeness (QED) is 0.918. The molecule has 114 valence electrons. The molecular weight excluding hydrogens is 264 g/mol. The third kappa shape index (κ3) is 2.79. The van der Waals surface area contributed by atoms with Crippen molar-refractivity contribution in [3.05, 3.63) is 24.3 Å². The van der Waals surface area contributed by atoms with Crippen LogP contribution in [0, 0.1) is 11.8 Å². The summed E-state index contributed by atoms with van der Waals surface area (Å²) in [5, 5.41) is 3.22. The van der Waals surface area contributed by atoms with E-state index in [0.717, 1.165) is 18.5 Å². The van der Waals surface area contributed by atoms with Crippen molar-refractivity contribution >= 4 is 5.91 Å². The van der Waals surface area contributed by atoms with E-state index in [4.69, 9.17) is 0 Å². The van der Waals surface area contributed by atoms with Gasteiger partial charge in [0, 0.05) is 18.4 Å². The van der Waals surface area contributed by atoms with Crippen molar-refractivity contribution in [1.82, 2.24) is 20.2 Å². The summed E-state index contributed by atoms with van der Waals surface area (Å²) in [5.74, 6) is 1.25. The third-order valence-corrected chi connectivity index (χ3v) is 5.07. The minimum atomic E-state index is -0.0766. The molecule has 1 aliphatic carbocycles. The minimum absolute atomic E-state index is 0.0766. The van der Waals surface area contributed by atoms with Crippen molar-refractivity contribution in [3.63, 3.8) is 0 Å². The SMILES string of the molecule is CNC1C(=O)N(Cc2cnccn2)C2CCCC2CC1C. The zero-order valence-electron chi connectivity index (χ0n) is 12.8. The highest BCUT2D eigenvalue weighted by Gasteiger charge is 2.43. The average molecular weight is 288 g/mol. The van der Waals surface area contributed by atoms with Gasteiger partial charge in [0.15, 0.2) is 0 Å². The van der Waals surface area contributed by atoms with E-state index in [-0.39, 0.29) is 11.9 Å². The summed E-state index contributed by atoms with van der Waals surface area (Å²) < 4.78 is 0. The fourth-order valence-electron chi connectivity index (χ4n) is 4.09. The Balaban J connectivity index is 1.88. The number of carbonyl (C=O) groups is 1. The van der Waals surface area contributed by atoms with Crippen LogP contribution in [0.5, 0.6) is 0 Å². The average Bonchev–Trinajstić information content (AvgIpc) is 2.91. The second kappa shape index (κ2) is 6.10. The summed E-state index contributed by atoms with van der Waals surface area (Å²) in [6.45, 7) is 2.78. The molecule has 0 spiro atoms. The summed E-state index contributed by atoms with van der Waals surface area (Å²) in [6.07, 6.45) is 9.87. The van der Waals surface area contributed by atoms with Crippen LogP contribution in [0.2, 0.25) is 0 Å². The number of likely N-dealkylation sites (tertiary alicyclic amines) is 1. The van der Waals surface area contributed by atoms with Gasteiger partial charge in [0.1, 0.15) is 0 Å². The smallest absolute Gasteiger partial charge is 0.240 e. The highest BCUT2D eigenvalue weighted by molar-refractivity contribution is 5.83. The standard InChI is InChI=1S/C16H24N4O/c1-11-8-12-4-3-5-14(12)20(16(21)15(11)17-2)10-13-9-18-6-7-19-13/h6-7,9,11-12,14-15,17H,3-5,8,10H2,1-2H3. The van der Waals surface area contributed by atoms with Crippen LogP contribution in [-0.2, 0) is 11.3 Å². The van der Waals surface area contributed by atoms with Gasteiger partial charge in [0.05, 0.1) is 24.5 Å². The lowest BCUT2D eigenvalue weighted by Crippen LogP contribution is -2.49. The molecule has 0 radical (unpaired) electrons. The Labute approximate surface area is 126 Å². The van der Waals surface area contributed by atoms with E-state index in [0.29, 0.717) is 24.4 Å². The molecule has 0 bridgehead atoms. The van der Waals surface area contributed by atoms with Gasteiger partial charge in [-0.25, -0.2) is 0 Å². The third-order valence-electron chi connectivity index (χ3n) is 5.07. The van der Waals surface area contributed by atoms with Crippen LogP contribution in [-0.4, -0.2) is 39.9 Å². The van der Waals surface area contributed by atoms with Crippen LogP contribution < -0.4 is 5.32 Å². The van der Waals surface area contributed by atoms with E-state index in [1.54, 1.807) is 18.6 Å². The molecule has 2 fully saturated rings. The molecule has 2 heterocycles. The second-order valence-electron chi connectivity index (χ2n) is 6.40. The van der Waals surface area contributed by atoms with Crippen molar-refractivity contribution in [2.75, 3.05) is 7.05 Å². The summed E-state index contributed by atoms with van der Waals surface area (Å²) in [6, 6.07) is 0.299. The molecule has 1 saturated carbocycles. The first-order valence-corrected chi connectivity index (χ1v) is 7.93. The second-order valence-corrected chi connectivity index (χ2v) is 6.40. The van der Waals surface area contributed by atoms with E-state index in [1.165, 1.54) is 12.8 Å². The Kier molecular flexibility index (Phi) is 4.19. The summed E-state index contributed by atoms with van der Waals surface area (Å²) in [7, 11) is 1.89. The lowest BCUT2D eigenvalue weighted by atomic mass is 9.90. The topological polar surface area (TPSA) is 58.1 Å². The highest BCUT2D eigenvalue weighted by Crippen LogP contribution is 2.38. The Morgan fingerprint density at radius 1 is 1.38 bits per heavy atom. The van der Waals surface area contributed by atoms with Gasteiger partial charge in [0.25, 0.3) is 0 Å². The van der Waals surface area contributed by atoms with Gasteiger partial charge in [-0.15, -0.1) is 0 Å². The van der Waals surface area contributed by atoms with E-state index in [9.17, 15) is 4.79 Å². The Hall–Kier alpha value is -1.49. The largest absolute Gasteiger partial charge is 0.332 e. The van der Waals surface area contributed by atoms with Crippen LogP contribution in [0.1, 0.15) is 38.3 Å². The van der Waals surface area contributed by atoms with Crippen molar-refractivity contribution in [2.45, 2.75) is 51.2 Å². The molecule has 5 nitrogen and oxygen atoms in total. The van der Waals surface area contributed by atoms with Crippen molar-refractivity contribution in [3.8, 4) is 0 Å². The van der Waals surface area contributed by atoms with Gasteiger partial charge < -0.3 is 10.2 Å². The fourth-order valence-corrected chi connectivity index (χ4v) is 4.09. The number of hydrogen-bond donors (Lipinski definition) is 1. The number of likely N-dealkylation sites (N-methyl/N-ethyl adjacent to an activating group) is 1. The van der Waals surface area contributed by atoms with Crippen molar-refractivity contribution in [1.29, 1.82) is 0 Å². The molecule has 1 N–H and O–H groups in total. The molecule has 1 aromatic rings. The lowest BCUT2D eigenvalue weighted by Gasteiger charge is -2.32. The number of nitrogens with one attached hydrogen (secondary N) is 1. The molecule has 4 unspecified atom stereocenters. The zero-order valence-corrected chi connectivity index (χ0v) is 12.8. The Morgan fingerprint density at radius 2 is 2.24 bits per heavy atom. The van der Waals surface area contributed by atoms with E-state index < -0.39 is 0 Å². The van der Waals surface area contributed by atoms with Crippen LogP contribution in [0.15, 0.2) is 18.6 Å². The maximum absolute atomic E-state index is 12.9. The van der Waals surface area contributed by atoms with Crippen molar-refractivity contribution < 1.29 is 4.79 Å². The molecule has 21 heavy (non-hydrogen) atoms. The van der Waals surface area contributed by atoms with Gasteiger partial charge in [-0.3, -0.25) is 14.8 Å². The predicted molar refractivity (Wildman–Crippen MR) is 80.3 cm³/mol. The summed E-state index contributed by atoms with van der Waals surface area (Å²) >= 11 is 0. The number of aromatic nitrogens is 2. The molecule has 1 aliphatic heterocycles. The molecule has 1 saturated heterocycles. The predicted octanol–water partition coefficient (Wildman–Crippen LogP) is 1.60. The number of amides is 1. The lowest BCUT2D eigenvalue weighted by molar-refractivity contribution is -0.136. The first-order valence-electron chi connectivity index (χ1n) is 7.93. The molecule has 1 amide bonds. The number of rotatable bonds is 3. The number of nitrogens with zero attached hydrogens (tertiary/aromatic N) is 3. The molecule has 5 heteroatoms. The molecule has 4 atom stereocenters. The van der Waals surface area contributed by atoms with Gasteiger partial charge in [-0.05, 0) is 38.1 Å². The zero-order chi connectivity index (χ0) is 14.8. The first-order chi connectivity index (χ1) is 10.2. The molecule has 0 aromatic carbocycles. The van der Waals surface area contributed by atoms with E-state index >= 15 is 0 Å². The van der Waals surface area contributed by atoms with Crippen LogP contribution >= 0.6 is 0 Å². The van der Waals surface area contributed by atoms with Crippen LogP contribution in [0.25, 0.3) is 0 Å². The molecule has 3 rings (SSSR count). The molecule has 1 aromatic heterocycles. The first kappa shape index (κ1) is 14.4. The van der Waals surface area contributed by atoms with E-state index in [1.807, 2.05) is 7.05 Å². The normalized spacial score (nSPS) is 32.9.